The number of nitrogens with zero attached hydrogens (tertiary/aromatic N) is 1. The Morgan fingerprint density at radius 3 is 2.39 bits per heavy atom. The van der Waals surface area contributed by atoms with Crippen LogP contribution >= 0.6 is 0 Å². The van der Waals surface area contributed by atoms with Gasteiger partial charge in [0.05, 0.1) is 13.2 Å². The van der Waals surface area contributed by atoms with Gasteiger partial charge in [-0.25, -0.2) is 0 Å². The average molecular weight is 254 g/mol. The molecule has 1 heterocycles. The molecule has 0 radical (unpaired) electrons. The van der Waals surface area contributed by atoms with Gasteiger partial charge in [-0.2, -0.15) is 0 Å². The van der Waals surface area contributed by atoms with E-state index in [-0.39, 0.29) is 5.79 Å². The van der Waals surface area contributed by atoms with Crippen LogP contribution in [0.3, 0.4) is 0 Å². The van der Waals surface area contributed by atoms with Gasteiger partial charge in [0.25, 0.3) is 0 Å². The van der Waals surface area contributed by atoms with Crippen molar-refractivity contribution in [3.8, 4) is 0 Å². The van der Waals surface area contributed by atoms with Gasteiger partial charge in [-0.15, -0.1) is 0 Å². The fourth-order valence-corrected chi connectivity index (χ4v) is 3.19. The van der Waals surface area contributed by atoms with E-state index in [0.717, 1.165) is 38.6 Å². The lowest BCUT2D eigenvalue weighted by atomic mass is 9.90. The Morgan fingerprint density at radius 1 is 1.11 bits per heavy atom. The fraction of sp³-hybridized carbons (Fsp3) is 1.00. The number of hydrogen-bond acceptors (Lipinski definition) is 4. The standard InChI is InChI=1S/C14H26N2O2/c1-16(13-2-3-13)9-8-15-12-4-6-14(7-5-12)17-10-11-18-14/h12-13,15H,2-11H2,1H3. The summed E-state index contributed by atoms with van der Waals surface area (Å²) in [4.78, 5) is 2.49. The molecule has 1 saturated heterocycles. The SMILES string of the molecule is CN(CCNC1CCC2(CC1)OCCO2)C1CC1. The molecular formula is C14H26N2O2. The number of ether oxygens (including phenoxy) is 2. The third-order valence-electron chi connectivity index (χ3n) is 4.63. The fourth-order valence-electron chi connectivity index (χ4n) is 3.19. The Kier molecular flexibility index (Phi) is 3.89. The van der Waals surface area contributed by atoms with E-state index in [1.807, 2.05) is 0 Å². The van der Waals surface area contributed by atoms with Gasteiger partial charge in [0, 0.05) is 38.0 Å². The van der Waals surface area contributed by atoms with Crippen molar-refractivity contribution in [2.24, 2.45) is 0 Å². The Hall–Kier alpha value is -0.160. The summed E-state index contributed by atoms with van der Waals surface area (Å²) in [6, 6.07) is 1.54. The molecule has 1 aliphatic heterocycles. The summed E-state index contributed by atoms with van der Waals surface area (Å²) in [6.07, 6.45) is 7.29. The van der Waals surface area contributed by atoms with Crippen molar-refractivity contribution < 1.29 is 9.47 Å². The zero-order chi connectivity index (χ0) is 12.4. The molecule has 104 valence electrons. The zero-order valence-corrected chi connectivity index (χ0v) is 11.5. The Morgan fingerprint density at radius 2 is 1.78 bits per heavy atom. The second-order valence-corrected chi connectivity index (χ2v) is 6.05. The second kappa shape index (κ2) is 5.45. The molecule has 4 nitrogen and oxygen atoms in total. The average Bonchev–Trinajstić information content (AvgIpc) is 3.15. The van der Waals surface area contributed by atoms with Crippen LogP contribution < -0.4 is 5.32 Å². The highest BCUT2D eigenvalue weighted by atomic mass is 16.7. The zero-order valence-electron chi connectivity index (χ0n) is 11.5. The minimum Gasteiger partial charge on any atom is -0.348 e. The summed E-state index contributed by atoms with van der Waals surface area (Å²) < 4.78 is 11.5. The summed E-state index contributed by atoms with van der Waals surface area (Å²) in [6.45, 7) is 3.86. The third-order valence-corrected chi connectivity index (χ3v) is 4.63. The molecule has 0 unspecified atom stereocenters. The van der Waals surface area contributed by atoms with Crippen LogP contribution in [0.5, 0.6) is 0 Å². The Bertz CT molecular complexity index is 265. The maximum Gasteiger partial charge on any atom is 0.168 e. The minimum atomic E-state index is -0.205. The first-order chi connectivity index (χ1) is 8.77. The number of rotatable bonds is 5. The first-order valence-corrected chi connectivity index (χ1v) is 7.49. The van der Waals surface area contributed by atoms with Crippen molar-refractivity contribution in [3.63, 3.8) is 0 Å². The summed E-state index contributed by atoms with van der Waals surface area (Å²) in [5, 5.41) is 3.69. The van der Waals surface area contributed by atoms with Crippen LogP contribution in [0.4, 0.5) is 0 Å². The van der Waals surface area contributed by atoms with E-state index in [1.54, 1.807) is 0 Å². The minimum absolute atomic E-state index is 0.205. The van der Waals surface area contributed by atoms with Gasteiger partial charge in [-0.3, -0.25) is 0 Å². The van der Waals surface area contributed by atoms with Gasteiger partial charge < -0.3 is 19.7 Å². The van der Waals surface area contributed by atoms with Crippen molar-refractivity contribution >= 4 is 0 Å². The van der Waals surface area contributed by atoms with Crippen LogP contribution in [-0.4, -0.2) is 56.1 Å². The maximum atomic E-state index is 5.75. The molecule has 1 N–H and O–H groups in total. The van der Waals surface area contributed by atoms with E-state index < -0.39 is 0 Å². The summed E-state index contributed by atoms with van der Waals surface area (Å²) in [7, 11) is 2.25. The van der Waals surface area contributed by atoms with Crippen LogP contribution in [0.15, 0.2) is 0 Å². The largest absolute Gasteiger partial charge is 0.348 e. The molecule has 1 spiro atoms. The van der Waals surface area contributed by atoms with Gasteiger partial charge >= 0.3 is 0 Å². The highest BCUT2D eigenvalue weighted by Crippen LogP contribution is 2.35. The third kappa shape index (κ3) is 3.05. The molecule has 3 fully saturated rings. The smallest absolute Gasteiger partial charge is 0.168 e. The van der Waals surface area contributed by atoms with Gasteiger partial charge in [0.2, 0.25) is 0 Å². The van der Waals surface area contributed by atoms with Crippen molar-refractivity contribution in [1.82, 2.24) is 10.2 Å². The van der Waals surface area contributed by atoms with E-state index in [2.05, 4.69) is 17.3 Å². The van der Waals surface area contributed by atoms with Crippen molar-refractivity contribution in [2.45, 2.75) is 56.4 Å². The number of nitrogens with one attached hydrogen (secondary N) is 1. The van der Waals surface area contributed by atoms with Gasteiger partial charge in [-0.1, -0.05) is 0 Å². The molecule has 0 aromatic carbocycles. The van der Waals surface area contributed by atoms with E-state index in [0.29, 0.717) is 6.04 Å². The predicted octanol–water partition coefficient (Wildman–Crippen LogP) is 1.36. The molecule has 0 aromatic rings. The van der Waals surface area contributed by atoms with Gasteiger partial charge in [0.1, 0.15) is 0 Å². The van der Waals surface area contributed by atoms with E-state index in [4.69, 9.17) is 9.47 Å². The number of likely N-dealkylation sites (N-methyl/N-ethyl adjacent to an activating group) is 1. The first-order valence-electron chi connectivity index (χ1n) is 7.49. The van der Waals surface area contributed by atoms with Crippen LogP contribution in [0, 0.1) is 0 Å². The van der Waals surface area contributed by atoms with E-state index >= 15 is 0 Å². The molecule has 0 atom stereocenters. The Balaban J connectivity index is 1.32. The predicted molar refractivity (Wildman–Crippen MR) is 70.5 cm³/mol. The molecule has 2 aliphatic carbocycles. The van der Waals surface area contributed by atoms with Crippen molar-refractivity contribution in [2.75, 3.05) is 33.4 Å². The van der Waals surface area contributed by atoms with E-state index in [9.17, 15) is 0 Å². The van der Waals surface area contributed by atoms with E-state index in [1.165, 1.54) is 32.2 Å². The lowest BCUT2D eigenvalue weighted by Crippen LogP contribution is -2.43. The summed E-state index contributed by atoms with van der Waals surface area (Å²) >= 11 is 0. The highest BCUT2D eigenvalue weighted by Gasteiger charge is 2.40. The summed E-state index contributed by atoms with van der Waals surface area (Å²) in [5.74, 6) is -0.205. The molecule has 0 aromatic heterocycles. The quantitative estimate of drug-likeness (QED) is 0.803. The van der Waals surface area contributed by atoms with Crippen LogP contribution in [-0.2, 0) is 9.47 Å². The molecule has 0 amide bonds. The van der Waals surface area contributed by atoms with Crippen molar-refractivity contribution in [3.05, 3.63) is 0 Å². The molecule has 4 heteroatoms. The molecule has 2 saturated carbocycles. The lowest BCUT2D eigenvalue weighted by Gasteiger charge is -2.35. The monoisotopic (exact) mass is 254 g/mol. The molecular weight excluding hydrogens is 228 g/mol. The molecule has 18 heavy (non-hydrogen) atoms. The second-order valence-electron chi connectivity index (χ2n) is 6.05. The summed E-state index contributed by atoms with van der Waals surface area (Å²) in [5.41, 5.74) is 0. The maximum absolute atomic E-state index is 5.75. The van der Waals surface area contributed by atoms with Gasteiger partial charge in [0.15, 0.2) is 5.79 Å². The molecule has 0 bridgehead atoms. The van der Waals surface area contributed by atoms with Crippen LogP contribution in [0.25, 0.3) is 0 Å². The van der Waals surface area contributed by atoms with Crippen molar-refractivity contribution in [1.29, 1.82) is 0 Å². The highest BCUT2D eigenvalue weighted by molar-refractivity contribution is 4.86. The lowest BCUT2D eigenvalue weighted by molar-refractivity contribution is -0.179. The first kappa shape index (κ1) is 12.9. The van der Waals surface area contributed by atoms with Crippen LogP contribution in [0.1, 0.15) is 38.5 Å². The molecule has 3 rings (SSSR count). The normalized spacial score (nSPS) is 28.3. The van der Waals surface area contributed by atoms with Gasteiger partial charge in [-0.05, 0) is 32.7 Å². The molecule has 3 aliphatic rings. The Labute approximate surface area is 110 Å². The number of hydrogen-bond donors (Lipinski definition) is 1. The van der Waals surface area contributed by atoms with Crippen LogP contribution in [0.2, 0.25) is 0 Å². The topological polar surface area (TPSA) is 33.7 Å².